The number of amides is 8. The Balaban J connectivity index is 1.43. The van der Waals surface area contributed by atoms with Crippen molar-refractivity contribution in [2.75, 3.05) is 18.1 Å². The minimum atomic E-state index is -2.54. The fourth-order valence-corrected chi connectivity index (χ4v) is 11.2. The zero-order valence-electron chi connectivity index (χ0n) is 45.5. The van der Waals surface area contributed by atoms with E-state index in [0.29, 0.717) is 44.5 Å². The second kappa shape index (κ2) is 30.4. The van der Waals surface area contributed by atoms with E-state index in [1.165, 1.54) is 32.2 Å². The maximum Gasteiger partial charge on any atom is 0.244 e. The number of unbranched alkanes of at least 4 members (excludes halogenated alkanes) is 1. The van der Waals surface area contributed by atoms with Gasteiger partial charge in [0.2, 0.25) is 58.9 Å². The number of primary amides is 1. The number of rotatable bonds is 18. The summed E-state index contributed by atoms with van der Waals surface area (Å²) < 4.78 is 144. The van der Waals surface area contributed by atoms with Crippen molar-refractivity contribution in [1.29, 1.82) is 0 Å². The number of nitrogens with two attached hydrogens (primary N) is 3. The standard InChI is InChI=1S/C54H58F10N12O8S2/c1-22(2)46-54(84)75-35(52(82)71-31(47(67)77)18-27-38(57)42(61)45(64)43(62)39(27)58)21-86-85-20-34(74-48(78)28(66)17-26-36(55)40(59)44(63)41(60)37(26)56)53(83)73-33(16-24-9-6-8-14-68-24)51(81)72-32(15-23-19-69-29-11-4-3-10-25(23)29)50(80)70-30(49(79)76-46)12-5-7-13-65/h3-4,6,8-11,14,19,22,28,30-35,46,69H,5,7,12-13,15-18,20-21,65-66H2,1-2H3,(H2,67,77)(H,70,80)(H,71,82)(H,72,81)(H,73,83)(H,74,78)(H,75,84)(H,76,79)/t28-,30-,31-,32+,33+,34+,35-,46-/m0/s1. The molecule has 8 amide bonds. The van der Waals surface area contributed by atoms with Gasteiger partial charge in [0, 0.05) is 77.3 Å². The van der Waals surface area contributed by atoms with Crippen LogP contribution in [0.5, 0.6) is 0 Å². The normalized spacial score (nSPS) is 20.2. The van der Waals surface area contributed by atoms with Crippen molar-refractivity contribution in [2.45, 2.75) is 107 Å². The molecule has 86 heavy (non-hydrogen) atoms. The molecule has 32 heteroatoms. The summed E-state index contributed by atoms with van der Waals surface area (Å²) >= 11 is 0. The van der Waals surface area contributed by atoms with Crippen LogP contribution >= 0.6 is 21.6 Å². The molecular formula is C54H58F10N12O8S2. The Bertz CT molecular complexity index is 3300. The summed E-state index contributed by atoms with van der Waals surface area (Å²) in [6.45, 7) is 3.09. The number of benzene rings is 3. The Hall–Kier alpha value is -7.97. The zero-order valence-corrected chi connectivity index (χ0v) is 47.1. The molecule has 0 spiro atoms. The quantitative estimate of drug-likeness (QED) is 0.0198. The van der Waals surface area contributed by atoms with E-state index in [2.05, 4.69) is 41.9 Å². The largest absolute Gasteiger partial charge is 0.368 e. The predicted molar refractivity (Wildman–Crippen MR) is 293 cm³/mol. The number of halogens is 10. The van der Waals surface area contributed by atoms with E-state index in [1.54, 1.807) is 36.5 Å². The van der Waals surface area contributed by atoms with Crippen LogP contribution in [0.4, 0.5) is 43.9 Å². The van der Waals surface area contributed by atoms with Crippen molar-refractivity contribution < 1.29 is 82.3 Å². The van der Waals surface area contributed by atoms with Crippen molar-refractivity contribution in [3.63, 3.8) is 0 Å². The third-order valence-electron chi connectivity index (χ3n) is 13.6. The Kier molecular flexibility index (Phi) is 23.7. The number of H-pyrrole nitrogens is 1. The first kappa shape index (κ1) is 67.2. The van der Waals surface area contributed by atoms with Gasteiger partial charge in [-0.15, -0.1) is 0 Å². The highest BCUT2D eigenvalue weighted by Crippen LogP contribution is 2.28. The molecule has 0 unspecified atom stereocenters. The number of nitrogens with zero attached hydrogens (tertiary/aromatic N) is 1. The van der Waals surface area contributed by atoms with Crippen LogP contribution in [0.25, 0.3) is 10.9 Å². The Morgan fingerprint density at radius 3 is 1.76 bits per heavy atom. The molecule has 14 N–H and O–H groups in total. The Morgan fingerprint density at radius 2 is 1.17 bits per heavy atom. The Morgan fingerprint density at radius 1 is 0.640 bits per heavy atom. The maximum absolute atomic E-state index is 14.9. The number of pyridine rings is 1. The first-order valence-corrected chi connectivity index (χ1v) is 28.8. The van der Waals surface area contributed by atoms with Crippen molar-refractivity contribution in [3.8, 4) is 0 Å². The minimum absolute atomic E-state index is 0.109. The zero-order chi connectivity index (χ0) is 63.3. The highest BCUT2D eigenvalue weighted by atomic mass is 33.1. The van der Waals surface area contributed by atoms with Gasteiger partial charge in [-0.25, -0.2) is 43.9 Å². The van der Waals surface area contributed by atoms with Crippen molar-refractivity contribution in [3.05, 3.63) is 135 Å². The van der Waals surface area contributed by atoms with Gasteiger partial charge in [-0.1, -0.05) is 59.7 Å². The van der Waals surface area contributed by atoms with Crippen LogP contribution < -0.4 is 54.4 Å². The molecule has 5 aromatic rings. The number of aromatic amines is 1. The van der Waals surface area contributed by atoms with Crippen LogP contribution in [-0.2, 0) is 64.0 Å². The van der Waals surface area contributed by atoms with Crippen molar-refractivity contribution in [1.82, 2.24) is 47.2 Å². The van der Waals surface area contributed by atoms with Crippen LogP contribution in [0.2, 0.25) is 0 Å². The number of aromatic nitrogens is 2. The monoisotopic (exact) mass is 1260 g/mol. The number of hydrogen-bond acceptors (Lipinski definition) is 13. The van der Waals surface area contributed by atoms with E-state index in [1.807, 2.05) is 5.32 Å². The highest BCUT2D eigenvalue weighted by Gasteiger charge is 2.38. The van der Waals surface area contributed by atoms with Gasteiger partial charge in [0.1, 0.15) is 42.3 Å². The Labute approximate surface area is 491 Å². The lowest BCUT2D eigenvalue weighted by Crippen LogP contribution is -2.61. The summed E-state index contributed by atoms with van der Waals surface area (Å²) in [7, 11) is 1.24. The summed E-state index contributed by atoms with van der Waals surface area (Å²) in [5.41, 5.74) is 15.4. The molecule has 1 aliphatic rings. The predicted octanol–water partition coefficient (Wildman–Crippen LogP) is 2.61. The van der Waals surface area contributed by atoms with Crippen LogP contribution in [0.1, 0.15) is 55.5 Å². The van der Waals surface area contributed by atoms with Gasteiger partial charge < -0.3 is 59.4 Å². The van der Waals surface area contributed by atoms with E-state index < -0.39 is 202 Å². The van der Waals surface area contributed by atoms with Gasteiger partial charge in [-0.3, -0.25) is 43.3 Å². The molecule has 0 saturated carbocycles. The molecule has 3 heterocycles. The average molecular weight is 1260 g/mol. The summed E-state index contributed by atoms with van der Waals surface area (Å²) in [5.74, 6) is -35.7. The topological polar surface area (TPSA) is 328 Å². The number of para-hydroxylation sites is 1. The molecule has 2 aromatic heterocycles. The molecule has 1 fully saturated rings. The molecule has 0 aliphatic carbocycles. The highest BCUT2D eigenvalue weighted by molar-refractivity contribution is 8.76. The molecule has 464 valence electrons. The van der Waals surface area contributed by atoms with Gasteiger partial charge in [0.05, 0.1) is 6.04 Å². The van der Waals surface area contributed by atoms with E-state index >= 15 is 0 Å². The van der Waals surface area contributed by atoms with Crippen LogP contribution in [0.3, 0.4) is 0 Å². The molecule has 8 atom stereocenters. The molecule has 3 aromatic carbocycles. The number of carbonyl (C=O) groups excluding carboxylic acids is 8. The summed E-state index contributed by atoms with van der Waals surface area (Å²) in [6, 6.07) is -3.13. The lowest BCUT2D eigenvalue weighted by Gasteiger charge is -2.29. The lowest BCUT2D eigenvalue weighted by molar-refractivity contribution is -0.136. The van der Waals surface area contributed by atoms with Crippen LogP contribution in [0, 0.1) is 64.1 Å². The van der Waals surface area contributed by atoms with Gasteiger partial charge >= 0.3 is 0 Å². The van der Waals surface area contributed by atoms with Gasteiger partial charge in [-0.2, -0.15) is 0 Å². The number of fused-ring (bicyclic) bond motifs is 1. The average Bonchev–Trinajstić information content (AvgIpc) is 3.47. The van der Waals surface area contributed by atoms with Gasteiger partial charge in [0.15, 0.2) is 46.5 Å². The number of hydrogen-bond donors (Lipinski definition) is 11. The van der Waals surface area contributed by atoms with Gasteiger partial charge in [0.25, 0.3) is 0 Å². The lowest BCUT2D eigenvalue weighted by atomic mass is 10.00. The van der Waals surface area contributed by atoms with Crippen molar-refractivity contribution in [2.24, 2.45) is 23.1 Å². The fraction of sp³-hybridized carbons (Fsp3) is 0.389. The molecule has 20 nitrogen and oxygen atoms in total. The number of nitrogens with one attached hydrogen (secondary N) is 8. The molecular weight excluding hydrogens is 1200 g/mol. The molecule has 1 saturated heterocycles. The summed E-state index contributed by atoms with van der Waals surface area (Å²) in [4.78, 5) is 121. The third kappa shape index (κ3) is 16.7. The third-order valence-corrected chi connectivity index (χ3v) is 16.0. The van der Waals surface area contributed by atoms with E-state index in [0.717, 1.165) is 0 Å². The first-order chi connectivity index (χ1) is 40.7. The maximum atomic E-state index is 14.9. The first-order valence-electron chi connectivity index (χ1n) is 26.3. The van der Waals surface area contributed by atoms with E-state index in [9.17, 15) is 82.3 Å². The van der Waals surface area contributed by atoms with Gasteiger partial charge in [-0.05, 0) is 55.5 Å². The van der Waals surface area contributed by atoms with E-state index in [4.69, 9.17) is 17.2 Å². The smallest absolute Gasteiger partial charge is 0.244 e. The molecule has 0 radical (unpaired) electrons. The summed E-state index contributed by atoms with van der Waals surface area (Å²) in [6.07, 6.45) is -0.0885. The molecule has 0 bridgehead atoms. The van der Waals surface area contributed by atoms with Crippen molar-refractivity contribution >= 4 is 79.7 Å². The van der Waals surface area contributed by atoms with Crippen LogP contribution in [-0.4, -0.2) is 124 Å². The van der Waals surface area contributed by atoms with E-state index in [-0.39, 0.29) is 31.5 Å². The molecule has 1 aliphatic heterocycles. The minimum Gasteiger partial charge on any atom is -0.368 e. The number of carbonyl (C=O) groups is 8. The second-order valence-corrected chi connectivity index (χ2v) is 22.6. The van der Waals surface area contributed by atoms with Crippen LogP contribution in [0.15, 0.2) is 54.9 Å². The SMILES string of the molecule is CC(C)[C@@H]1NC(=O)[C@H](CCCCN)NC(=O)[C@@H](Cc2c[nH]c3ccccc23)NC(=O)[C@@H](Cc2ccccn2)NC(=O)[C@H](NC(=O)[C@@H](N)Cc2c(F)c(F)c(F)c(F)c2F)CSSC[C@@H](C(=O)N[C@@H](Cc2c(F)c(F)c(F)c(F)c2F)C(N)=O)NC1=O. The fourth-order valence-electron chi connectivity index (χ4n) is 8.84. The molecule has 6 rings (SSSR count). The second-order valence-electron chi connectivity index (χ2n) is 20.1. The summed E-state index contributed by atoms with van der Waals surface area (Å²) in [5, 5.41) is 17.6.